The molecule has 0 aliphatic rings. The third-order valence-electron chi connectivity index (χ3n) is 1.34. The smallest absolute Gasteiger partial charge is 0.285 e. The highest BCUT2D eigenvalue weighted by Crippen LogP contribution is 2.07. The predicted octanol–water partition coefficient (Wildman–Crippen LogP) is 0.569. The van der Waals surface area contributed by atoms with E-state index in [9.17, 15) is 9.59 Å². The summed E-state index contributed by atoms with van der Waals surface area (Å²) in [4.78, 5) is 21.7. The second-order valence-electron chi connectivity index (χ2n) is 2.22. The van der Waals surface area contributed by atoms with E-state index in [0.29, 0.717) is 0 Å². The number of carbonyl (C=O) groups excluding carboxylic acids is 1. The lowest BCUT2D eigenvalue weighted by molar-refractivity contribution is 0.101. The van der Waals surface area contributed by atoms with E-state index in [1.165, 1.54) is 18.7 Å². The maximum Gasteiger partial charge on any atom is 0.285 e. The highest BCUT2D eigenvalue weighted by atomic mass is 35.5. The number of rotatable bonds is 1. The summed E-state index contributed by atoms with van der Waals surface area (Å²) in [7, 11) is 1.50. The van der Waals surface area contributed by atoms with Gasteiger partial charge in [-0.25, -0.2) is 0 Å². The molecule has 0 radical (unpaired) electrons. The van der Waals surface area contributed by atoms with Gasteiger partial charge in [-0.3, -0.25) is 19.4 Å². The Morgan fingerprint density at radius 3 is 2.36 bits per heavy atom. The quantitative estimate of drug-likeness (QED) is 0.633. The highest BCUT2D eigenvalue weighted by molar-refractivity contribution is 6.33. The molecule has 1 heterocycles. The van der Waals surface area contributed by atoms with Gasteiger partial charge in [0.25, 0.3) is 5.56 Å². The number of aromatic amines is 1. The molecule has 0 amide bonds. The molecular weight excluding hydrogens is 168 g/mol. The molecule has 0 aromatic carbocycles. The second-order valence-corrected chi connectivity index (χ2v) is 2.60. The van der Waals surface area contributed by atoms with E-state index < -0.39 is 0 Å². The summed E-state index contributed by atoms with van der Waals surface area (Å²) >= 11 is 5.52. The molecule has 0 aliphatic carbocycles. The average Bonchev–Trinajstić information content (AvgIpc) is 2.17. The van der Waals surface area contributed by atoms with Gasteiger partial charge in [0.05, 0.1) is 0 Å². The summed E-state index contributed by atoms with van der Waals surface area (Å²) in [5.41, 5.74) is -0.212. The summed E-state index contributed by atoms with van der Waals surface area (Å²) in [5, 5.41) is 2.49. The van der Waals surface area contributed by atoms with E-state index in [1.807, 2.05) is 0 Å². The van der Waals surface area contributed by atoms with Crippen LogP contribution in [0.1, 0.15) is 17.4 Å². The first-order chi connectivity index (χ1) is 5.04. The summed E-state index contributed by atoms with van der Waals surface area (Å²) in [5.74, 6) is -0.243. The molecule has 0 unspecified atom stereocenters. The van der Waals surface area contributed by atoms with Gasteiger partial charge in [0, 0.05) is 14.0 Å². The zero-order valence-corrected chi connectivity index (χ0v) is 6.90. The Kier molecular flexibility index (Phi) is 1.87. The Balaban J connectivity index is 3.42. The van der Waals surface area contributed by atoms with Crippen LogP contribution in [-0.2, 0) is 7.05 Å². The highest BCUT2D eigenvalue weighted by Gasteiger charge is 2.12. The maximum atomic E-state index is 10.9. The van der Waals surface area contributed by atoms with Crippen molar-refractivity contribution in [3.8, 4) is 0 Å². The van der Waals surface area contributed by atoms with Gasteiger partial charge in [0.15, 0.2) is 5.78 Å². The molecule has 0 atom stereocenters. The van der Waals surface area contributed by atoms with Crippen molar-refractivity contribution in [1.29, 1.82) is 0 Å². The normalized spacial score (nSPS) is 10.1. The molecular formula is C6H7ClN2O2. The van der Waals surface area contributed by atoms with E-state index in [0.717, 1.165) is 0 Å². The van der Waals surface area contributed by atoms with Crippen LogP contribution in [0.5, 0.6) is 0 Å². The number of nitrogens with zero attached hydrogens (tertiary/aromatic N) is 1. The summed E-state index contributed by atoms with van der Waals surface area (Å²) in [6.45, 7) is 1.34. The number of halogens is 1. The average molecular weight is 175 g/mol. The number of hydrogen-bond acceptors (Lipinski definition) is 2. The van der Waals surface area contributed by atoms with E-state index >= 15 is 0 Å². The van der Waals surface area contributed by atoms with Gasteiger partial charge in [0.1, 0.15) is 10.7 Å². The van der Waals surface area contributed by atoms with Crippen LogP contribution in [0.25, 0.3) is 0 Å². The first kappa shape index (κ1) is 8.07. The molecule has 11 heavy (non-hydrogen) atoms. The van der Waals surface area contributed by atoms with Crippen molar-refractivity contribution in [2.45, 2.75) is 6.92 Å². The van der Waals surface area contributed by atoms with Crippen molar-refractivity contribution < 1.29 is 4.79 Å². The number of ketones is 1. The molecule has 4 nitrogen and oxygen atoms in total. The Morgan fingerprint density at radius 2 is 2.18 bits per heavy atom. The second kappa shape index (κ2) is 2.54. The van der Waals surface area contributed by atoms with Crippen LogP contribution in [-0.4, -0.2) is 15.6 Å². The zero-order chi connectivity index (χ0) is 8.59. The van der Waals surface area contributed by atoms with E-state index in [2.05, 4.69) is 5.10 Å². The van der Waals surface area contributed by atoms with Crippen molar-refractivity contribution in [3.63, 3.8) is 0 Å². The van der Waals surface area contributed by atoms with Crippen LogP contribution in [0.3, 0.4) is 0 Å². The molecule has 5 heteroatoms. The van der Waals surface area contributed by atoms with Gasteiger partial charge in [0.2, 0.25) is 0 Å². The minimum absolute atomic E-state index is 0.0417. The van der Waals surface area contributed by atoms with Crippen molar-refractivity contribution in [3.05, 3.63) is 21.1 Å². The SMILES string of the molecule is CC(=O)c1[nH]n(C)c(=O)c1Cl. The van der Waals surface area contributed by atoms with Crippen LogP contribution in [0.4, 0.5) is 0 Å². The van der Waals surface area contributed by atoms with Gasteiger partial charge in [-0.15, -0.1) is 0 Å². The van der Waals surface area contributed by atoms with Crippen LogP contribution in [0, 0.1) is 0 Å². The van der Waals surface area contributed by atoms with Gasteiger partial charge < -0.3 is 0 Å². The Hall–Kier alpha value is -1.03. The molecule has 1 N–H and O–H groups in total. The predicted molar refractivity (Wildman–Crippen MR) is 41.0 cm³/mol. The minimum Gasteiger partial charge on any atom is -0.293 e. The zero-order valence-electron chi connectivity index (χ0n) is 6.14. The summed E-state index contributed by atoms with van der Waals surface area (Å²) in [6.07, 6.45) is 0. The number of nitrogens with one attached hydrogen (secondary N) is 1. The molecule has 0 saturated carbocycles. The molecule has 0 aliphatic heterocycles. The summed E-state index contributed by atoms with van der Waals surface area (Å²) in [6, 6.07) is 0. The number of carbonyl (C=O) groups is 1. The Labute approximate surface area is 67.8 Å². The molecule has 1 aromatic heterocycles. The molecule has 0 bridgehead atoms. The molecule has 1 rings (SSSR count). The van der Waals surface area contributed by atoms with Gasteiger partial charge in [-0.1, -0.05) is 11.6 Å². The molecule has 0 spiro atoms. The molecule has 60 valence electrons. The number of Topliss-reactive ketones (excluding diaryl/α,β-unsaturated/α-hetero) is 1. The van der Waals surface area contributed by atoms with E-state index in [4.69, 9.17) is 11.6 Å². The fourth-order valence-corrected chi connectivity index (χ4v) is 1.06. The van der Waals surface area contributed by atoms with Gasteiger partial charge in [-0.2, -0.15) is 0 Å². The molecule has 0 saturated heterocycles. The van der Waals surface area contributed by atoms with Crippen LogP contribution >= 0.6 is 11.6 Å². The fraction of sp³-hybridized carbons (Fsp3) is 0.333. The molecule has 1 aromatic rings. The van der Waals surface area contributed by atoms with Crippen molar-refractivity contribution >= 4 is 17.4 Å². The lowest BCUT2D eigenvalue weighted by Gasteiger charge is -1.87. The van der Waals surface area contributed by atoms with E-state index in [1.54, 1.807) is 0 Å². The number of aromatic nitrogens is 2. The maximum absolute atomic E-state index is 10.9. The third-order valence-corrected chi connectivity index (χ3v) is 1.69. The number of hydrogen-bond donors (Lipinski definition) is 1. The summed E-state index contributed by atoms with van der Waals surface area (Å²) < 4.78 is 1.17. The Bertz CT molecular complexity index is 350. The lowest BCUT2D eigenvalue weighted by Crippen LogP contribution is -2.11. The lowest BCUT2D eigenvalue weighted by atomic mass is 10.3. The number of aryl methyl sites for hydroxylation is 1. The van der Waals surface area contributed by atoms with Crippen molar-refractivity contribution in [2.75, 3.05) is 0 Å². The van der Waals surface area contributed by atoms with Gasteiger partial charge >= 0.3 is 0 Å². The fourth-order valence-electron chi connectivity index (χ4n) is 0.755. The largest absolute Gasteiger partial charge is 0.293 e. The van der Waals surface area contributed by atoms with Crippen molar-refractivity contribution in [1.82, 2.24) is 9.78 Å². The molecule has 0 fully saturated rings. The topological polar surface area (TPSA) is 54.9 Å². The van der Waals surface area contributed by atoms with Crippen LogP contribution < -0.4 is 5.56 Å². The third kappa shape index (κ3) is 1.21. The standard InChI is InChI=1S/C6H7ClN2O2/c1-3(10)5-4(7)6(11)9(2)8-5/h8H,1-2H3. The minimum atomic E-state index is -0.378. The monoisotopic (exact) mass is 174 g/mol. The van der Waals surface area contributed by atoms with Gasteiger partial charge in [-0.05, 0) is 0 Å². The van der Waals surface area contributed by atoms with Crippen LogP contribution in [0.2, 0.25) is 5.02 Å². The van der Waals surface area contributed by atoms with Crippen molar-refractivity contribution in [2.24, 2.45) is 7.05 Å². The first-order valence-electron chi connectivity index (χ1n) is 2.99. The van der Waals surface area contributed by atoms with Crippen LogP contribution in [0.15, 0.2) is 4.79 Å². The Morgan fingerprint density at radius 1 is 1.64 bits per heavy atom. The first-order valence-corrected chi connectivity index (χ1v) is 3.37. The number of H-pyrrole nitrogens is 1. The van der Waals surface area contributed by atoms with E-state index in [-0.39, 0.29) is 22.1 Å².